The van der Waals surface area contributed by atoms with Gasteiger partial charge in [0.2, 0.25) is 5.91 Å². The average molecular weight is 540 g/mol. The number of anilines is 2. The summed E-state index contributed by atoms with van der Waals surface area (Å²) in [4.78, 5) is 19.9. The highest BCUT2D eigenvalue weighted by Crippen LogP contribution is 2.28. The lowest BCUT2D eigenvalue weighted by Crippen LogP contribution is -2.43. The first kappa shape index (κ1) is 26.4. The number of fused-ring (bicyclic) bond motifs is 1. The quantitative estimate of drug-likeness (QED) is 0.358. The highest BCUT2D eigenvalue weighted by molar-refractivity contribution is 5.78. The first-order valence-corrected chi connectivity index (χ1v) is 12.8. The predicted molar refractivity (Wildman–Crippen MR) is 142 cm³/mol. The van der Waals surface area contributed by atoms with Crippen LogP contribution in [0.5, 0.6) is 11.5 Å². The summed E-state index contributed by atoms with van der Waals surface area (Å²) in [5.74, 6) is -1.04. The number of nitrogens with two attached hydrogens (primary N) is 1. The maximum Gasteiger partial charge on any atom is 0.239 e. The second-order valence-electron chi connectivity index (χ2n) is 9.44. The number of hydrogen-bond acceptors (Lipinski definition) is 8. The Kier molecular flexibility index (Phi) is 7.92. The average Bonchev–Trinajstić information content (AvgIpc) is 3.60. The van der Waals surface area contributed by atoms with E-state index in [4.69, 9.17) is 15.2 Å². The third-order valence-electron chi connectivity index (χ3n) is 6.70. The molecule has 5 rings (SSSR count). The van der Waals surface area contributed by atoms with Crippen molar-refractivity contribution in [1.82, 2.24) is 14.7 Å². The van der Waals surface area contributed by atoms with Crippen LogP contribution in [0.3, 0.4) is 0 Å². The Bertz CT molecular complexity index is 1470. The van der Waals surface area contributed by atoms with E-state index in [1.54, 1.807) is 25.4 Å². The molecule has 1 saturated heterocycles. The predicted octanol–water partition coefficient (Wildman–Crippen LogP) is 1.79. The van der Waals surface area contributed by atoms with Crippen molar-refractivity contribution in [2.45, 2.75) is 25.8 Å². The Morgan fingerprint density at radius 2 is 2.00 bits per heavy atom. The summed E-state index contributed by atoms with van der Waals surface area (Å²) in [5.41, 5.74) is 5.81. The molecule has 1 aromatic heterocycles. The van der Waals surface area contributed by atoms with Crippen LogP contribution >= 0.6 is 0 Å². The van der Waals surface area contributed by atoms with Crippen LogP contribution in [0.25, 0.3) is 5.82 Å². The van der Waals surface area contributed by atoms with Gasteiger partial charge in [-0.1, -0.05) is 6.07 Å². The van der Waals surface area contributed by atoms with Crippen LogP contribution in [-0.2, 0) is 11.3 Å². The van der Waals surface area contributed by atoms with Crippen molar-refractivity contribution in [3.8, 4) is 11.5 Å². The second kappa shape index (κ2) is 11.7. The number of benzene rings is 2. The maximum atomic E-state index is 14.9. The number of ether oxygens (including phenoxy) is 2. The van der Waals surface area contributed by atoms with Gasteiger partial charge in [0.1, 0.15) is 19.0 Å². The number of halogens is 2. The molecule has 0 bridgehead atoms. The molecule has 12 heteroatoms. The number of likely N-dealkylation sites (tertiary alicyclic amines) is 1. The van der Waals surface area contributed by atoms with Gasteiger partial charge in [0.05, 0.1) is 36.6 Å². The zero-order chi connectivity index (χ0) is 27.4. The standard InChI is InChI=1S/C27H31F2N7O3/c1-38-23-12-19-21(13-24(23)39-11-5-10-34-8-2-3-9-34)31-17-36(22-7-4-6-20(28)26(22)29)27(19)33-18-14-32-35(15-18)16-25(30)37/h4,6-7,12-15,33H,2-3,5,8-11,16-17H2,1H3,(H2,30,37). The van der Waals surface area contributed by atoms with E-state index in [1.165, 1.54) is 40.8 Å². The van der Waals surface area contributed by atoms with Gasteiger partial charge < -0.3 is 30.3 Å². The van der Waals surface area contributed by atoms with Crippen LogP contribution in [0.4, 0.5) is 20.2 Å². The third-order valence-corrected chi connectivity index (χ3v) is 6.70. The third kappa shape index (κ3) is 5.95. The highest BCUT2D eigenvalue weighted by Gasteiger charge is 2.23. The van der Waals surface area contributed by atoms with Crippen LogP contribution in [0.1, 0.15) is 19.3 Å². The van der Waals surface area contributed by atoms with Gasteiger partial charge in [-0.2, -0.15) is 5.10 Å². The number of amides is 1. The smallest absolute Gasteiger partial charge is 0.239 e. The molecule has 2 aliphatic rings. The minimum Gasteiger partial charge on any atom is -0.493 e. The van der Waals surface area contributed by atoms with Gasteiger partial charge in [-0.25, -0.2) is 8.78 Å². The first-order valence-electron chi connectivity index (χ1n) is 12.8. The van der Waals surface area contributed by atoms with Gasteiger partial charge in [0.15, 0.2) is 23.1 Å². The Labute approximate surface area is 224 Å². The van der Waals surface area contributed by atoms with Gasteiger partial charge in [0, 0.05) is 24.0 Å². The van der Waals surface area contributed by atoms with E-state index in [-0.39, 0.29) is 18.9 Å². The zero-order valence-corrected chi connectivity index (χ0v) is 21.7. The monoisotopic (exact) mass is 539 g/mol. The fourth-order valence-electron chi connectivity index (χ4n) is 4.82. The molecule has 0 atom stereocenters. The van der Waals surface area contributed by atoms with Crippen molar-refractivity contribution in [1.29, 1.82) is 0 Å². The lowest BCUT2D eigenvalue weighted by atomic mass is 10.2. The highest BCUT2D eigenvalue weighted by atomic mass is 19.2. The van der Waals surface area contributed by atoms with Crippen molar-refractivity contribution >= 4 is 23.1 Å². The van der Waals surface area contributed by atoms with Gasteiger partial charge in [-0.15, -0.1) is 0 Å². The molecule has 1 fully saturated rings. The normalized spacial score (nSPS) is 15.2. The fourth-order valence-corrected chi connectivity index (χ4v) is 4.82. The number of methoxy groups -OCH3 is 1. The summed E-state index contributed by atoms with van der Waals surface area (Å²) in [7, 11) is 1.55. The molecular weight excluding hydrogens is 508 g/mol. The van der Waals surface area contributed by atoms with Crippen LogP contribution in [0.15, 0.2) is 47.7 Å². The summed E-state index contributed by atoms with van der Waals surface area (Å²) >= 11 is 0. The SMILES string of the molecule is COc1cc2c(cc1OCCCN1CCCC1)=NCN(c1cccc(F)c1F)C=2Nc1cnn(CC(N)=O)c1. The van der Waals surface area contributed by atoms with Crippen LogP contribution in [-0.4, -0.2) is 60.6 Å². The van der Waals surface area contributed by atoms with Crippen LogP contribution in [0.2, 0.25) is 0 Å². The lowest BCUT2D eigenvalue weighted by Gasteiger charge is -2.29. The van der Waals surface area contributed by atoms with E-state index in [0.29, 0.717) is 40.2 Å². The molecule has 39 heavy (non-hydrogen) atoms. The van der Waals surface area contributed by atoms with E-state index in [1.807, 2.05) is 0 Å². The first-order chi connectivity index (χ1) is 18.9. The second-order valence-corrected chi connectivity index (χ2v) is 9.44. The topological polar surface area (TPSA) is 110 Å². The van der Waals surface area contributed by atoms with Gasteiger partial charge in [-0.3, -0.25) is 14.5 Å². The summed E-state index contributed by atoms with van der Waals surface area (Å²) in [6.07, 6.45) is 6.49. The van der Waals surface area contributed by atoms with E-state index in [0.717, 1.165) is 32.1 Å². The van der Waals surface area contributed by atoms with Gasteiger partial charge in [-0.05, 0) is 50.6 Å². The molecule has 2 aromatic carbocycles. The van der Waals surface area contributed by atoms with E-state index < -0.39 is 17.5 Å². The number of carbonyl (C=O) groups excluding carboxylic acids is 1. The number of primary amides is 1. The Morgan fingerprint density at radius 1 is 1.18 bits per heavy atom. The number of aromatic nitrogens is 2. The van der Waals surface area contributed by atoms with Crippen molar-refractivity contribution in [2.75, 3.05) is 50.2 Å². The number of rotatable bonds is 11. The zero-order valence-electron chi connectivity index (χ0n) is 21.7. The molecule has 3 heterocycles. The summed E-state index contributed by atoms with van der Waals surface area (Å²) in [5, 5.41) is 8.57. The molecule has 3 aromatic rings. The summed E-state index contributed by atoms with van der Waals surface area (Å²) < 4.78 is 42.2. The molecule has 2 aliphatic heterocycles. The fraction of sp³-hybridized carbons (Fsp3) is 0.370. The lowest BCUT2D eigenvalue weighted by molar-refractivity contribution is -0.118. The molecule has 0 saturated carbocycles. The molecule has 0 aliphatic carbocycles. The van der Waals surface area contributed by atoms with Gasteiger partial charge in [0.25, 0.3) is 0 Å². The summed E-state index contributed by atoms with van der Waals surface area (Å²) in [6, 6.07) is 7.53. The van der Waals surface area contributed by atoms with E-state index >= 15 is 0 Å². The Balaban J connectivity index is 1.50. The maximum absolute atomic E-state index is 14.9. The number of nitrogens with zero attached hydrogens (tertiary/aromatic N) is 5. The Hall–Kier alpha value is -4.19. The molecule has 0 spiro atoms. The van der Waals surface area contributed by atoms with E-state index in [9.17, 15) is 13.6 Å². The van der Waals surface area contributed by atoms with Crippen molar-refractivity contribution in [2.24, 2.45) is 10.7 Å². The molecule has 1 amide bonds. The number of nitrogens with one attached hydrogen (secondary N) is 1. The van der Waals surface area contributed by atoms with Crippen molar-refractivity contribution in [3.05, 3.63) is 64.9 Å². The Morgan fingerprint density at radius 3 is 2.77 bits per heavy atom. The van der Waals surface area contributed by atoms with Crippen LogP contribution in [0, 0.1) is 11.6 Å². The summed E-state index contributed by atoms with van der Waals surface area (Å²) in [6.45, 7) is 3.70. The molecule has 0 radical (unpaired) electrons. The molecule has 3 N–H and O–H groups in total. The largest absolute Gasteiger partial charge is 0.493 e. The van der Waals surface area contributed by atoms with E-state index in [2.05, 4.69) is 20.3 Å². The van der Waals surface area contributed by atoms with Crippen molar-refractivity contribution < 1.29 is 23.0 Å². The minimum absolute atomic E-state index is 0.0117. The molecular formula is C27H31F2N7O3. The number of carbonyl (C=O) groups is 1. The molecule has 0 unspecified atom stereocenters. The molecule has 10 nitrogen and oxygen atoms in total. The van der Waals surface area contributed by atoms with Crippen LogP contribution < -0.4 is 36.0 Å². The number of hydrogen-bond donors (Lipinski definition) is 2. The van der Waals surface area contributed by atoms with Crippen molar-refractivity contribution in [3.63, 3.8) is 0 Å². The molecule has 206 valence electrons. The minimum atomic E-state index is -0.996. The van der Waals surface area contributed by atoms with Gasteiger partial charge >= 0.3 is 0 Å².